The lowest BCUT2D eigenvalue weighted by Crippen LogP contribution is -2.03. The molecule has 0 aliphatic heterocycles. The summed E-state index contributed by atoms with van der Waals surface area (Å²) in [5, 5.41) is 0.775. The van der Waals surface area contributed by atoms with E-state index in [9.17, 15) is 0 Å². The largest absolute Gasteiger partial charge is 0.491 e. The van der Waals surface area contributed by atoms with Crippen molar-refractivity contribution in [1.82, 2.24) is 0 Å². The van der Waals surface area contributed by atoms with E-state index < -0.39 is 0 Å². The van der Waals surface area contributed by atoms with E-state index in [2.05, 4.69) is 0 Å². The lowest BCUT2D eigenvalue weighted by atomic mass is 10.2. The Morgan fingerprint density at radius 1 is 1.00 bits per heavy atom. The van der Waals surface area contributed by atoms with Crippen LogP contribution in [-0.2, 0) is 6.42 Å². The third kappa shape index (κ3) is 3.14. The number of hydrogen-bond acceptors (Lipinski definition) is 2. The van der Waals surface area contributed by atoms with E-state index >= 15 is 0 Å². The predicted molar refractivity (Wildman–Crippen MR) is 71.5 cm³/mol. The van der Waals surface area contributed by atoms with Crippen LogP contribution in [0, 0.1) is 0 Å². The van der Waals surface area contributed by atoms with Gasteiger partial charge in [0.1, 0.15) is 5.75 Å². The minimum atomic E-state index is 0.567. The maximum Gasteiger partial charge on any atom is 0.142 e. The molecule has 2 rings (SSSR count). The zero-order chi connectivity index (χ0) is 12.1. The van der Waals surface area contributed by atoms with Crippen molar-refractivity contribution in [3.63, 3.8) is 0 Å². The molecular formula is C14H14ClNO. The fraction of sp³-hybridized carbons (Fsp3) is 0.143. The van der Waals surface area contributed by atoms with Crippen molar-refractivity contribution in [2.45, 2.75) is 6.42 Å². The molecule has 0 radical (unpaired) electrons. The fourth-order valence-electron chi connectivity index (χ4n) is 1.58. The monoisotopic (exact) mass is 247 g/mol. The van der Waals surface area contributed by atoms with Crippen molar-refractivity contribution < 1.29 is 4.74 Å². The number of rotatable bonds is 4. The number of para-hydroxylation sites is 2. The first-order valence-corrected chi connectivity index (χ1v) is 5.86. The van der Waals surface area contributed by atoms with Crippen LogP contribution >= 0.6 is 11.6 Å². The van der Waals surface area contributed by atoms with Crippen molar-refractivity contribution in [2.24, 2.45) is 0 Å². The van der Waals surface area contributed by atoms with Gasteiger partial charge in [0, 0.05) is 11.4 Å². The Kier molecular flexibility index (Phi) is 3.89. The first-order chi connectivity index (χ1) is 8.27. The van der Waals surface area contributed by atoms with Crippen molar-refractivity contribution in [3.8, 4) is 5.75 Å². The highest BCUT2D eigenvalue weighted by Crippen LogP contribution is 2.21. The number of ether oxygens (including phenoxy) is 1. The van der Waals surface area contributed by atoms with Gasteiger partial charge in [-0.15, -0.1) is 0 Å². The van der Waals surface area contributed by atoms with Gasteiger partial charge in [-0.3, -0.25) is 0 Å². The van der Waals surface area contributed by atoms with Crippen LogP contribution in [0.1, 0.15) is 5.56 Å². The first-order valence-electron chi connectivity index (χ1n) is 5.48. The van der Waals surface area contributed by atoms with Gasteiger partial charge in [0.05, 0.1) is 12.3 Å². The second-order valence-corrected chi connectivity index (χ2v) is 4.13. The summed E-state index contributed by atoms with van der Waals surface area (Å²) < 4.78 is 5.61. The zero-order valence-corrected chi connectivity index (χ0v) is 10.2. The topological polar surface area (TPSA) is 35.2 Å². The SMILES string of the molecule is Nc1ccccc1OCCc1ccccc1Cl. The summed E-state index contributed by atoms with van der Waals surface area (Å²) in [6.45, 7) is 0.567. The molecule has 2 aromatic carbocycles. The summed E-state index contributed by atoms with van der Waals surface area (Å²) >= 11 is 6.06. The average molecular weight is 248 g/mol. The molecule has 0 spiro atoms. The average Bonchev–Trinajstić information content (AvgIpc) is 2.34. The number of anilines is 1. The van der Waals surface area contributed by atoms with Gasteiger partial charge >= 0.3 is 0 Å². The van der Waals surface area contributed by atoms with Crippen LogP contribution in [-0.4, -0.2) is 6.61 Å². The molecule has 0 aliphatic rings. The molecule has 0 fully saturated rings. The highest BCUT2D eigenvalue weighted by Gasteiger charge is 2.01. The maximum atomic E-state index is 6.06. The van der Waals surface area contributed by atoms with Crippen LogP contribution in [0.15, 0.2) is 48.5 Å². The second kappa shape index (κ2) is 5.60. The quantitative estimate of drug-likeness (QED) is 0.839. The van der Waals surface area contributed by atoms with Gasteiger partial charge in [-0.25, -0.2) is 0 Å². The highest BCUT2D eigenvalue weighted by atomic mass is 35.5. The van der Waals surface area contributed by atoms with Gasteiger partial charge in [0.2, 0.25) is 0 Å². The van der Waals surface area contributed by atoms with E-state index in [4.69, 9.17) is 22.1 Å². The van der Waals surface area contributed by atoms with Gasteiger partial charge < -0.3 is 10.5 Å². The van der Waals surface area contributed by atoms with Crippen molar-refractivity contribution in [3.05, 3.63) is 59.1 Å². The Labute approximate surface area is 106 Å². The van der Waals surface area contributed by atoms with Crippen molar-refractivity contribution >= 4 is 17.3 Å². The van der Waals surface area contributed by atoms with Crippen molar-refractivity contribution in [2.75, 3.05) is 12.3 Å². The molecule has 0 saturated carbocycles. The number of nitrogens with two attached hydrogens (primary N) is 1. The zero-order valence-electron chi connectivity index (χ0n) is 9.40. The first kappa shape index (κ1) is 11.8. The molecule has 0 amide bonds. The molecule has 2 nitrogen and oxygen atoms in total. The van der Waals surface area contributed by atoms with Crippen LogP contribution in [0.5, 0.6) is 5.75 Å². The molecule has 88 valence electrons. The lowest BCUT2D eigenvalue weighted by Gasteiger charge is -2.09. The van der Waals surface area contributed by atoms with E-state index in [0.29, 0.717) is 12.3 Å². The Hall–Kier alpha value is -1.67. The molecule has 2 aromatic rings. The molecular weight excluding hydrogens is 234 g/mol. The van der Waals surface area contributed by atoms with Crippen LogP contribution in [0.3, 0.4) is 0 Å². The van der Waals surface area contributed by atoms with Gasteiger partial charge in [0.15, 0.2) is 0 Å². The smallest absolute Gasteiger partial charge is 0.142 e. The predicted octanol–water partition coefficient (Wildman–Crippen LogP) is 3.54. The third-order valence-electron chi connectivity index (χ3n) is 2.51. The molecule has 2 N–H and O–H groups in total. The van der Waals surface area contributed by atoms with Gasteiger partial charge in [-0.05, 0) is 23.8 Å². The van der Waals surface area contributed by atoms with E-state index in [1.165, 1.54) is 0 Å². The van der Waals surface area contributed by atoms with Crippen LogP contribution in [0.4, 0.5) is 5.69 Å². The van der Waals surface area contributed by atoms with Gasteiger partial charge in [0.25, 0.3) is 0 Å². The molecule has 0 atom stereocenters. The molecule has 0 aromatic heterocycles. The van der Waals surface area contributed by atoms with E-state index in [1.807, 2.05) is 48.5 Å². The summed E-state index contributed by atoms with van der Waals surface area (Å²) in [5.74, 6) is 0.722. The van der Waals surface area contributed by atoms with Crippen molar-refractivity contribution in [1.29, 1.82) is 0 Å². The minimum absolute atomic E-state index is 0.567. The van der Waals surface area contributed by atoms with E-state index in [1.54, 1.807) is 0 Å². The third-order valence-corrected chi connectivity index (χ3v) is 2.87. The Bertz CT molecular complexity index is 454. The summed E-state index contributed by atoms with van der Waals surface area (Å²) in [7, 11) is 0. The van der Waals surface area contributed by atoms with Crippen LogP contribution in [0.2, 0.25) is 5.02 Å². The van der Waals surface area contributed by atoms with E-state index in [-0.39, 0.29) is 0 Å². The van der Waals surface area contributed by atoms with Crippen LogP contribution < -0.4 is 10.5 Å². The summed E-state index contributed by atoms with van der Waals surface area (Å²) in [4.78, 5) is 0. The standard InChI is InChI=1S/C14H14ClNO/c15-12-6-2-1-5-11(12)9-10-17-14-8-4-3-7-13(14)16/h1-8H,9-10,16H2. The van der Waals surface area contributed by atoms with E-state index in [0.717, 1.165) is 22.8 Å². The number of halogens is 1. The summed E-state index contributed by atoms with van der Waals surface area (Å²) in [5.41, 5.74) is 7.52. The summed E-state index contributed by atoms with van der Waals surface area (Å²) in [6, 6.07) is 15.2. The number of hydrogen-bond donors (Lipinski definition) is 1. The molecule has 0 bridgehead atoms. The molecule has 0 saturated heterocycles. The Morgan fingerprint density at radius 3 is 2.47 bits per heavy atom. The highest BCUT2D eigenvalue weighted by molar-refractivity contribution is 6.31. The molecule has 3 heteroatoms. The molecule has 0 unspecified atom stereocenters. The summed E-state index contributed by atoms with van der Waals surface area (Å²) in [6.07, 6.45) is 0.772. The number of nitrogen functional groups attached to an aromatic ring is 1. The minimum Gasteiger partial charge on any atom is -0.491 e. The lowest BCUT2D eigenvalue weighted by molar-refractivity contribution is 0.323. The number of benzene rings is 2. The second-order valence-electron chi connectivity index (χ2n) is 3.73. The van der Waals surface area contributed by atoms with Crippen LogP contribution in [0.25, 0.3) is 0 Å². The van der Waals surface area contributed by atoms with Gasteiger partial charge in [-0.1, -0.05) is 41.9 Å². The Morgan fingerprint density at radius 2 is 1.71 bits per heavy atom. The molecule has 0 aliphatic carbocycles. The fourth-order valence-corrected chi connectivity index (χ4v) is 1.81. The maximum absolute atomic E-state index is 6.06. The van der Waals surface area contributed by atoms with Gasteiger partial charge in [-0.2, -0.15) is 0 Å². The normalized spacial score (nSPS) is 10.2. The molecule has 17 heavy (non-hydrogen) atoms. The molecule has 0 heterocycles. The Balaban J connectivity index is 1.93.